The molecule has 23 heavy (non-hydrogen) atoms. The molecule has 2 aromatic rings. The molecule has 1 aromatic carbocycles. The van der Waals surface area contributed by atoms with Crippen molar-refractivity contribution in [2.45, 2.75) is 25.3 Å². The average Bonchev–Trinajstić information content (AvgIpc) is 2.55. The van der Waals surface area contributed by atoms with Crippen molar-refractivity contribution in [2.75, 3.05) is 24.3 Å². The van der Waals surface area contributed by atoms with Crippen LogP contribution in [0.5, 0.6) is 0 Å². The third-order valence-electron chi connectivity index (χ3n) is 4.17. The van der Waals surface area contributed by atoms with Crippen LogP contribution < -0.4 is 15.5 Å². The number of aromatic nitrogens is 1. The number of urea groups is 1. The van der Waals surface area contributed by atoms with Gasteiger partial charge >= 0.3 is 6.03 Å². The second-order valence-corrected chi connectivity index (χ2v) is 6.01. The normalized spacial score (nSPS) is 16.3. The molecule has 0 saturated heterocycles. The van der Waals surface area contributed by atoms with Gasteiger partial charge in [0, 0.05) is 20.3 Å². The van der Waals surface area contributed by atoms with Crippen molar-refractivity contribution in [3.05, 3.63) is 53.7 Å². The van der Waals surface area contributed by atoms with E-state index in [1.54, 1.807) is 6.20 Å². The molecule has 120 valence electrons. The molecule has 2 N–H and O–H groups in total. The molecule has 0 saturated carbocycles. The minimum Gasteiger partial charge on any atom is -0.375 e. The van der Waals surface area contributed by atoms with E-state index in [1.165, 1.54) is 11.1 Å². The molecule has 1 atom stereocenters. The van der Waals surface area contributed by atoms with Crippen molar-refractivity contribution in [3.63, 3.8) is 0 Å². The van der Waals surface area contributed by atoms with Crippen LogP contribution in [0.2, 0.25) is 0 Å². The number of aryl methyl sites for hydroxylation is 1. The highest BCUT2D eigenvalue weighted by Crippen LogP contribution is 2.29. The molecule has 1 heterocycles. The van der Waals surface area contributed by atoms with Crippen LogP contribution in [-0.4, -0.2) is 25.1 Å². The van der Waals surface area contributed by atoms with Crippen LogP contribution in [0.4, 0.5) is 16.3 Å². The van der Waals surface area contributed by atoms with Gasteiger partial charge in [-0.3, -0.25) is 5.32 Å². The summed E-state index contributed by atoms with van der Waals surface area (Å²) in [6, 6.07) is 12.0. The molecule has 0 aliphatic heterocycles. The number of rotatable bonds is 3. The van der Waals surface area contributed by atoms with E-state index in [2.05, 4.69) is 33.8 Å². The van der Waals surface area contributed by atoms with E-state index in [1.807, 2.05) is 37.2 Å². The summed E-state index contributed by atoms with van der Waals surface area (Å²) >= 11 is 0. The molecule has 5 nitrogen and oxygen atoms in total. The van der Waals surface area contributed by atoms with Gasteiger partial charge in [-0.1, -0.05) is 24.3 Å². The maximum Gasteiger partial charge on any atom is 0.320 e. The van der Waals surface area contributed by atoms with E-state index >= 15 is 0 Å². The van der Waals surface area contributed by atoms with Crippen molar-refractivity contribution in [2.24, 2.45) is 0 Å². The Labute approximate surface area is 136 Å². The molecule has 0 radical (unpaired) electrons. The first-order chi connectivity index (χ1) is 11.1. The Morgan fingerprint density at radius 1 is 1.22 bits per heavy atom. The van der Waals surface area contributed by atoms with Gasteiger partial charge in [0.25, 0.3) is 0 Å². The summed E-state index contributed by atoms with van der Waals surface area (Å²) in [6.07, 6.45) is 4.82. The van der Waals surface area contributed by atoms with Gasteiger partial charge in [0.15, 0.2) is 5.82 Å². The highest BCUT2D eigenvalue weighted by molar-refractivity contribution is 5.91. The Kier molecular flexibility index (Phi) is 4.46. The highest BCUT2D eigenvalue weighted by atomic mass is 16.2. The number of benzene rings is 1. The van der Waals surface area contributed by atoms with Gasteiger partial charge < -0.3 is 10.2 Å². The SMILES string of the molecule is CN(C)c1cccnc1NC(=O)NC1CCCc2ccccc21. The number of pyridine rings is 1. The number of hydrogen-bond acceptors (Lipinski definition) is 3. The first-order valence-electron chi connectivity index (χ1n) is 7.93. The molecule has 5 heteroatoms. The molecule has 1 aliphatic rings. The predicted octanol–water partition coefficient (Wildman–Crippen LogP) is 3.35. The quantitative estimate of drug-likeness (QED) is 0.914. The zero-order chi connectivity index (χ0) is 16.2. The van der Waals surface area contributed by atoms with Gasteiger partial charge in [-0.2, -0.15) is 0 Å². The maximum absolute atomic E-state index is 12.4. The Balaban J connectivity index is 1.72. The summed E-state index contributed by atoms with van der Waals surface area (Å²) in [5, 5.41) is 5.95. The Bertz CT molecular complexity index is 699. The lowest BCUT2D eigenvalue weighted by Gasteiger charge is -2.26. The molecule has 1 aliphatic carbocycles. The van der Waals surface area contributed by atoms with E-state index in [0.29, 0.717) is 5.82 Å². The van der Waals surface area contributed by atoms with E-state index in [0.717, 1.165) is 24.9 Å². The number of fused-ring (bicyclic) bond motifs is 1. The molecule has 1 aromatic heterocycles. The standard InChI is InChI=1S/C18H22N4O/c1-22(2)16-11-6-12-19-17(16)21-18(23)20-15-10-5-8-13-7-3-4-9-14(13)15/h3-4,6-7,9,11-12,15H,5,8,10H2,1-2H3,(H2,19,20,21,23). The summed E-state index contributed by atoms with van der Waals surface area (Å²) in [7, 11) is 3.86. The van der Waals surface area contributed by atoms with Crippen LogP contribution in [0.25, 0.3) is 0 Å². The van der Waals surface area contributed by atoms with Crippen LogP contribution in [-0.2, 0) is 6.42 Å². The van der Waals surface area contributed by atoms with E-state index in [-0.39, 0.29) is 12.1 Å². The maximum atomic E-state index is 12.4. The van der Waals surface area contributed by atoms with E-state index in [9.17, 15) is 4.79 Å². The fourth-order valence-electron chi connectivity index (χ4n) is 3.06. The van der Waals surface area contributed by atoms with Crippen molar-refractivity contribution < 1.29 is 4.79 Å². The Morgan fingerprint density at radius 2 is 2.04 bits per heavy atom. The Hall–Kier alpha value is -2.56. The van der Waals surface area contributed by atoms with Crippen molar-refractivity contribution in [1.29, 1.82) is 0 Å². The van der Waals surface area contributed by atoms with Gasteiger partial charge in [0.1, 0.15) is 0 Å². The van der Waals surface area contributed by atoms with Crippen LogP contribution in [0.1, 0.15) is 30.0 Å². The van der Waals surface area contributed by atoms with Gasteiger partial charge in [0.05, 0.1) is 11.7 Å². The largest absolute Gasteiger partial charge is 0.375 e. The smallest absolute Gasteiger partial charge is 0.320 e. The van der Waals surface area contributed by atoms with Crippen molar-refractivity contribution in [1.82, 2.24) is 10.3 Å². The summed E-state index contributed by atoms with van der Waals surface area (Å²) in [5.41, 5.74) is 3.44. The number of anilines is 2. The summed E-state index contributed by atoms with van der Waals surface area (Å²) < 4.78 is 0. The molecular weight excluding hydrogens is 288 g/mol. The second kappa shape index (κ2) is 6.69. The lowest BCUT2D eigenvalue weighted by Crippen LogP contribution is -2.35. The Morgan fingerprint density at radius 3 is 2.87 bits per heavy atom. The van der Waals surface area contributed by atoms with Gasteiger partial charge in [-0.25, -0.2) is 9.78 Å². The van der Waals surface area contributed by atoms with E-state index in [4.69, 9.17) is 0 Å². The summed E-state index contributed by atoms with van der Waals surface area (Å²) in [4.78, 5) is 18.6. The molecule has 1 unspecified atom stereocenters. The van der Waals surface area contributed by atoms with Crippen molar-refractivity contribution in [3.8, 4) is 0 Å². The zero-order valence-electron chi connectivity index (χ0n) is 13.5. The van der Waals surface area contributed by atoms with Crippen LogP contribution in [0.3, 0.4) is 0 Å². The average molecular weight is 310 g/mol. The molecule has 0 spiro atoms. The van der Waals surface area contributed by atoms with Crippen LogP contribution >= 0.6 is 0 Å². The van der Waals surface area contributed by atoms with Gasteiger partial charge in [-0.15, -0.1) is 0 Å². The fourth-order valence-corrected chi connectivity index (χ4v) is 3.06. The van der Waals surface area contributed by atoms with Gasteiger partial charge in [0.2, 0.25) is 0 Å². The van der Waals surface area contributed by atoms with Gasteiger partial charge in [-0.05, 0) is 42.5 Å². The third kappa shape index (κ3) is 3.44. The number of carbonyl (C=O) groups excluding carboxylic acids is 1. The van der Waals surface area contributed by atoms with Crippen LogP contribution in [0.15, 0.2) is 42.6 Å². The van der Waals surface area contributed by atoms with Crippen molar-refractivity contribution >= 4 is 17.5 Å². The predicted molar refractivity (Wildman–Crippen MR) is 92.8 cm³/mol. The highest BCUT2D eigenvalue weighted by Gasteiger charge is 2.21. The topological polar surface area (TPSA) is 57.3 Å². The second-order valence-electron chi connectivity index (χ2n) is 6.01. The number of hydrogen-bond donors (Lipinski definition) is 2. The third-order valence-corrected chi connectivity index (χ3v) is 4.17. The first kappa shape index (κ1) is 15.3. The lowest BCUT2D eigenvalue weighted by atomic mass is 9.88. The molecular formula is C18H22N4O. The number of nitrogens with one attached hydrogen (secondary N) is 2. The molecule has 0 bridgehead atoms. The number of amides is 2. The lowest BCUT2D eigenvalue weighted by molar-refractivity contribution is 0.247. The molecule has 3 rings (SSSR count). The zero-order valence-corrected chi connectivity index (χ0v) is 13.5. The number of carbonyl (C=O) groups is 1. The minimum atomic E-state index is -0.214. The summed E-state index contributed by atoms with van der Waals surface area (Å²) in [5.74, 6) is 0.569. The number of nitrogens with zero attached hydrogens (tertiary/aromatic N) is 2. The fraction of sp³-hybridized carbons (Fsp3) is 0.333. The van der Waals surface area contributed by atoms with Crippen LogP contribution in [0, 0.1) is 0 Å². The minimum absolute atomic E-state index is 0.0615. The monoisotopic (exact) mass is 310 g/mol. The van der Waals surface area contributed by atoms with E-state index < -0.39 is 0 Å². The molecule has 0 fully saturated rings. The summed E-state index contributed by atoms with van der Waals surface area (Å²) in [6.45, 7) is 0. The molecule has 2 amide bonds. The first-order valence-corrected chi connectivity index (χ1v) is 7.93.